The van der Waals surface area contributed by atoms with Crippen molar-refractivity contribution in [2.45, 2.75) is 31.8 Å². The van der Waals surface area contributed by atoms with E-state index in [0.29, 0.717) is 10.6 Å². The number of nitrogens with one attached hydrogen (secondary N) is 2. The molecule has 0 saturated heterocycles. The summed E-state index contributed by atoms with van der Waals surface area (Å²) in [5.41, 5.74) is 0.287. The zero-order valence-electron chi connectivity index (χ0n) is 9.94. The summed E-state index contributed by atoms with van der Waals surface area (Å²) >= 11 is 3.20. The van der Waals surface area contributed by atoms with E-state index in [-0.39, 0.29) is 17.5 Å². The molecule has 1 fully saturated rings. The van der Waals surface area contributed by atoms with Crippen LogP contribution in [-0.4, -0.2) is 28.9 Å². The van der Waals surface area contributed by atoms with Crippen molar-refractivity contribution in [2.75, 3.05) is 0 Å². The van der Waals surface area contributed by atoms with Crippen LogP contribution in [0.3, 0.4) is 0 Å². The maximum atomic E-state index is 11.8. The van der Waals surface area contributed by atoms with Crippen LogP contribution >= 0.6 is 15.9 Å². The predicted molar refractivity (Wildman–Crippen MR) is 70.0 cm³/mol. The molecule has 1 atom stereocenters. The van der Waals surface area contributed by atoms with Crippen molar-refractivity contribution >= 4 is 27.7 Å². The third-order valence-corrected chi connectivity index (χ3v) is 3.05. The van der Waals surface area contributed by atoms with E-state index in [9.17, 15) is 9.59 Å². The highest BCUT2D eigenvalue weighted by Crippen LogP contribution is 2.18. The molecule has 5 nitrogen and oxygen atoms in total. The minimum atomic E-state index is -0.557. The molecule has 6 heteroatoms. The second kappa shape index (κ2) is 5.48. The molecule has 2 amide bonds. The summed E-state index contributed by atoms with van der Waals surface area (Å²) in [4.78, 5) is 27.5. The van der Waals surface area contributed by atoms with Crippen LogP contribution in [0, 0.1) is 0 Å². The molecule has 0 aliphatic heterocycles. The van der Waals surface area contributed by atoms with Crippen molar-refractivity contribution in [3.8, 4) is 0 Å². The van der Waals surface area contributed by atoms with Gasteiger partial charge in [-0.25, -0.2) is 4.98 Å². The highest BCUT2D eigenvalue weighted by atomic mass is 79.9. The van der Waals surface area contributed by atoms with Gasteiger partial charge in [-0.3, -0.25) is 9.59 Å². The van der Waals surface area contributed by atoms with E-state index < -0.39 is 6.04 Å². The Morgan fingerprint density at radius 2 is 2.17 bits per heavy atom. The molecule has 1 aromatic rings. The number of halogens is 1. The maximum absolute atomic E-state index is 11.8. The van der Waals surface area contributed by atoms with Gasteiger partial charge in [-0.15, -0.1) is 0 Å². The molecular formula is C12H14BrN3O2. The molecule has 0 radical (unpaired) electrons. The molecule has 1 unspecified atom stereocenters. The second-order valence-corrected chi connectivity index (χ2v) is 5.14. The second-order valence-electron chi connectivity index (χ2n) is 4.32. The smallest absolute Gasteiger partial charge is 0.270 e. The van der Waals surface area contributed by atoms with Crippen LogP contribution in [-0.2, 0) is 4.79 Å². The normalized spacial score (nSPS) is 15.9. The van der Waals surface area contributed by atoms with E-state index in [4.69, 9.17) is 0 Å². The zero-order chi connectivity index (χ0) is 13.1. The molecule has 1 saturated carbocycles. The van der Waals surface area contributed by atoms with Crippen LogP contribution in [0.25, 0.3) is 0 Å². The number of nitrogens with zero attached hydrogens (tertiary/aromatic N) is 1. The van der Waals surface area contributed by atoms with E-state index in [1.165, 1.54) is 0 Å². The van der Waals surface area contributed by atoms with Crippen molar-refractivity contribution in [1.29, 1.82) is 0 Å². The summed E-state index contributed by atoms with van der Waals surface area (Å²) in [5.74, 6) is -0.504. The number of carbonyl (C=O) groups is 2. The molecule has 2 N–H and O–H groups in total. The molecule has 0 aromatic carbocycles. The largest absolute Gasteiger partial charge is 0.352 e. The molecule has 1 aromatic heterocycles. The molecule has 0 bridgehead atoms. The Kier molecular flexibility index (Phi) is 3.96. The number of rotatable bonds is 4. The number of amides is 2. The van der Waals surface area contributed by atoms with E-state index in [2.05, 4.69) is 31.5 Å². The quantitative estimate of drug-likeness (QED) is 0.822. The lowest BCUT2D eigenvalue weighted by Crippen LogP contribution is -2.45. The Bertz CT molecular complexity index is 474. The number of carbonyl (C=O) groups excluding carboxylic acids is 2. The van der Waals surface area contributed by atoms with Gasteiger partial charge < -0.3 is 10.6 Å². The Morgan fingerprint density at radius 1 is 1.44 bits per heavy atom. The summed E-state index contributed by atoms with van der Waals surface area (Å²) in [5, 5.41) is 5.46. The van der Waals surface area contributed by atoms with Crippen LogP contribution in [0.15, 0.2) is 22.8 Å². The van der Waals surface area contributed by atoms with Gasteiger partial charge in [0.1, 0.15) is 16.3 Å². The highest BCUT2D eigenvalue weighted by Gasteiger charge is 2.26. The van der Waals surface area contributed by atoms with Crippen LogP contribution in [0.5, 0.6) is 0 Å². The number of aromatic nitrogens is 1. The lowest BCUT2D eigenvalue weighted by molar-refractivity contribution is -0.122. The SMILES string of the molecule is CC(NC(=O)c1cccc(Br)n1)C(=O)NC1CC1. The van der Waals surface area contributed by atoms with Crippen molar-refractivity contribution in [3.05, 3.63) is 28.5 Å². The van der Waals surface area contributed by atoms with Gasteiger partial charge in [-0.1, -0.05) is 6.07 Å². The number of hydrogen-bond acceptors (Lipinski definition) is 3. The van der Waals surface area contributed by atoms with Gasteiger partial charge in [0.2, 0.25) is 5.91 Å². The lowest BCUT2D eigenvalue weighted by atomic mass is 10.2. The maximum Gasteiger partial charge on any atom is 0.270 e. The Hall–Kier alpha value is -1.43. The van der Waals surface area contributed by atoms with E-state index in [0.717, 1.165) is 12.8 Å². The monoisotopic (exact) mass is 311 g/mol. The fraction of sp³-hybridized carbons (Fsp3) is 0.417. The highest BCUT2D eigenvalue weighted by molar-refractivity contribution is 9.10. The fourth-order valence-corrected chi connectivity index (χ4v) is 1.77. The lowest BCUT2D eigenvalue weighted by Gasteiger charge is -2.13. The van der Waals surface area contributed by atoms with Gasteiger partial charge >= 0.3 is 0 Å². The Morgan fingerprint density at radius 3 is 2.78 bits per heavy atom. The molecule has 1 heterocycles. The number of pyridine rings is 1. The third-order valence-electron chi connectivity index (χ3n) is 2.61. The summed E-state index contributed by atoms with van der Waals surface area (Å²) in [6.45, 7) is 1.66. The van der Waals surface area contributed by atoms with E-state index in [1.54, 1.807) is 25.1 Å². The van der Waals surface area contributed by atoms with Gasteiger partial charge in [-0.2, -0.15) is 0 Å². The topological polar surface area (TPSA) is 71.1 Å². The van der Waals surface area contributed by atoms with Gasteiger partial charge in [0, 0.05) is 6.04 Å². The first-order valence-electron chi connectivity index (χ1n) is 5.80. The van der Waals surface area contributed by atoms with E-state index >= 15 is 0 Å². The van der Waals surface area contributed by atoms with Crippen molar-refractivity contribution < 1.29 is 9.59 Å². The minimum Gasteiger partial charge on any atom is -0.352 e. The molecule has 2 rings (SSSR count). The first-order valence-corrected chi connectivity index (χ1v) is 6.59. The summed E-state index contributed by atoms with van der Waals surface area (Å²) < 4.78 is 0.588. The molecule has 18 heavy (non-hydrogen) atoms. The van der Waals surface area contributed by atoms with E-state index in [1.807, 2.05) is 0 Å². The Balaban J connectivity index is 1.91. The van der Waals surface area contributed by atoms with Crippen LogP contribution in [0.2, 0.25) is 0 Å². The van der Waals surface area contributed by atoms with Crippen LogP contribution < -0.4 is 10.6 Å². The van der Waals surface area contributed by atoms with Crippen LogP contribution in [0.1, 0.15) is 30.3 Å². The first kappa shape index (κ1) is 13.0. The molecule has 0 spiro atoms. The van der Waals surface area contributed by atoms with Crippen molar-refractivity contribution in [3.63, 3.8) is 0 Å². The molecule has 1 aliphatic rings. The average molecular weight is 312 g/mol. The predicted octanol–water partition coefficient (Wildman–Crippen LogP) is 1.24. The molecular weight excluding hydrogens is 298 g/mol. The minimum absolute atomic E-state index is 0.152. The third kappa shape index (κ3) is 3.53. The molecule has 1 aliphatic carbocycles. The fourth-order valence-electron chi connectivity index (χ4n) is 1.42. The number of hydrogen-bond donors (Lipinski definition) is 2. The Labute approximate surface area is 113 Å². The summed E-state index contributed by atoms with van der Waals surface area (Å²) in [6.07, 6.45) is 2.05. The van der Waals surface area contributed by atoms with Gasteiger partial charge in [0.05, 0.1) is 0 Å². The van der Waals surface area contributed by atoms with Gasteiger partial charge in [-0.05, 0) is 47.8 Å². The average Bonchev–Trinajstić information content (AvgIpc) is 3.12. The summed E-state index contributed by atoms with van der Waals surface area (Å²) in [6, 6.07) is 4.80. The zero-order valence-corrected chi connectivity index (χ0v) is 11.5. The van der Waals surface area contributed by atoms with Gasteiger partial charge in [0.25, 0.3) is 5.91 Å². The van der Waals surface area contributed by atoms with Crippen LogP contribution in [0.4, 0.5) is 0 Å². The standard InChI is InChI=1S/C12H14BrN3O2/c1-7(11(17)15-8-5-6-8)14-12(18)9-3-2-4-10(13)16-9/h2-4,7-8H,5-6H2,1H3,(H,14,18)(H,15,17). The van der Waals surface area contributed by atoms with Gasteiger partial charge in [0.15, 0.2) is 0 Å². The van der Waals surface area contributed by atoms with Crippen molar-refractivity contribution in [2.24, 2.45) is 0 Å². The van der Waals surface area contributed by atoms with Crippen molar-refractivity contribution in [1.82, 2.24) is 15.6 Å². The molecule has 96 valence electrons. The summed E-state index contributed by atoms with van der Waals surface area (Å²) in [7, 11) is 0. The first-order chi connectivity index (χ1) is 8.56.